The molecule has 1 aromatic carbocycles. The number of hydrogen-bond acceptors (Lipinski definition) is 3. The van der Waals surface area contributed by atoms with Gasteiger partial charge in [-0.2, -0.15) is 0 Å². The van der Waals surface area contributed by atoms with E-state index < -0.39 is 5.97 Å². The maximum absolute atomic E-state index is 11.1. The fourth-order valence-electron chi connectivity index (χ4n) is 2.07. The average Bonchev–Trinajstić information content (AvgIpc) is 2.86. The van der Waals surface area contributed by atoms with E-state index in [1.807, 2.05) is 31.2 Å². The predicted molar refractivity (Wildman–Crippen MR) is 77.8 cm³/mol. The second-order valence-corrected chi connectivity index (χ2v) is 5.18. The summed E-state index contributed by atoms with van der Waals surface area (Å²) in [4.78, 5) is 19.6. The Morgan fingerprint density at radius 1 is 1.30 bits per heavy atom. The van der Waals surface area contributed by atoms with Crippen LogP contribution in [0.25, 0.3) is 16.8 Å². The molecule has 0 amide bonds. The van der Waals surface area contributed by atoms with E-state index in [4.69, 9.17) is 5.11 Å². The van der Waals surface area contributed by atoms with Crippen molar-refractivity contribution in [2.24, 2.45) is 0 Å². The zero-order chi connectivity index (χ0) is 14.3. The largest absolute Gasteiger partial charge is 0.476 e. The lowest BCUT2D eigenvalue weighted by Crippen LogP contribution is -1.96. The minimum atomic E-state index is -1.05. The molecule has 100 valence electrons. The van der Waals surface area contributed by atoms with Crippen molar-refractivity contribution in [3.05, 3.63) is 52.7 Å². The number of aryl methyl sites for hydroxylation is 1. The zero-order valence-corrected chi connectivity index (χ0v) is 12.1. The van der Waals surface area contributed by atoms with Gasteiger partial charge in [-0.25, -0.2) is 14.8 Å². The summed E-state index contributed by atoms with van der Waals surface area (Å²) >= 11 is 3.49. The number of rotatable bonds is 2. The molecular formula is C14H10BrN3O2. The highest BCUT2D eigenvalue weighted by molar-refractivity contribution is 9.10. The maximum Gasteiger partial charge on any atom is 0.356 e. The van der Waals surface area contributed by atoms with Crippen LogP contribution in [0.3, 0.4) is 0 Å². The quantitative estimate of drug-likeness (QED) is 0.783. The molecule has 2 heterocycles. The standard InChI is InChI=1S/C14H10BrN3O2/c1-8-16-6-10(9-4-2-3-5-11(9)15)13-17-12(14(19)20)7-18(8)13/h2-7H,1H3,(H,19,20). The van der Waals surface area contributed by atoms with Gasteiger partial charge in [0, 0.05) is 28.0 Å². The number of aromatic carboxylic acids is 1. The van der Waals surface area contributed by atoms with Crippen LogP contribution in [0, 0.1) is 6.92 Å². The van der Waals surface area contributed by atoms with Crippen molar-refractivity contribution >= 4 is 27.5 Å². The Kier molecular flexibility index (Phi) is 3.02. The molecule has 0 atom stereocenters. The Morgan fingerprint density at radius 3 is 2.75 bits per heavy atom. The minimum absolute atomic E-state index is 0.00871. The van der Waals surface area contributed by atoms with Crippen LogP contribution >= 0.6 is 15.9 Å². The molecule has 2 aromatic heterocycles. The Hall–Kier alpha value is -2.21. The van der Waals surface area contributed by atoms with Gasteiger partial charge in [-0.1, -0.05) is 34.1 Å². The number of hydrogen-bond donors (Lipinski definition) is 1. The van der Waals surface area contributed by atoms with Crippen LogP contribution in [0.1, 0.15) is 16.3 Å². The van der Waals surface area contributed by atoms with Gasteiger partial charge >= 0.3 is 5.97 Å². The van der Waals surface area contributed by atoms with Crippen molar-refractivity contribution in [3.63, 3.8) is 0 Å². The van der Waals surface area contributed by atoms with Crippen LogP contribution < -0.4 is 0 Å². The Balaban J connectivity index is 2.35. The molecule has 3 aromatic rings. The number of carbonyl (C=O) groups is 1. The lowest BCUT2D eigenvalue weighted by molar-refractivity contribution is 0.0691. The van der Waals surface area contributed by atoms with Crippen LogP contribution in [0.5, 0.6) is 0 Å². The first-order valence-corrected chi connectivity index (χ1v) is 6.70. The average molecular weight is 332 g/mol. The van der Waals surface area contributed by atoms with Crippen LogP contribution in [-0.2, 0) is 0 Å². The van der Waals surface area contributed by atoms with Gasteiger partial charge in [0.15, 0.2) is 5.69 Å². The van der Waals surface area contributed by atoms with E-state index in [-0.39, 0.29) is 5.69 Å². The number of aromatic nitrogens is 3. The van der Waals surface area contributed by atoms with E-state index in [9.17, 15) is 4.79 Å². The fourth-order valence-corrected chi connectivity index (χ4v) is 2.57. The van der Waals surface area contributed by atoms with Crippen LogP contribution in [0.4, 0.5) is 0 Å². The highest BCUT2D eigenvalue weighted by Crippen LogP contribution is 2.30. The summed E-state index contributed by atoms with van der Waals surface area (Å²) in [7, 11) is 0. The van der Waals surface area contributed by atoms with Crippen molar-refractivity contribution in [2.75, 3.05) is 0 Å². The van der Waals surface area contributed by atoms with Gasteiger partial charge < -0.3 is 5.11 Å². The normalized spacial score (nSPS) is 10.9. The van der Waals surface area contributed by atoms with Crippen molar-refractivity contribution in [2.45, 2.75) is 6.92 Å². The van der Waals surface area contributed by atoms with Crippen molar-refractivity contribution in [1.29, 1.82) is 0 Å². The molecular weight excluding hydrogens is 322 g/mol. The summed E-state index contributed by atoms with van der Waals surface area (Å²) < 4.78 is 2.60. The zero-order valence-electron chi connectivity index (χ0n) is 10.5. The fraction of sp³-hybridized carbons (Fsp3) is 0.0714. The van der Waals surface area contributed by atoms with E-state index in [1.165, 1.54) is 6.20 Å². The third-order valence-corrected chi connectivity index (χ3v) is 3.75. The molecule has 5 nitrogen and oxygen atoms in total. The second-order valence-electron chi connectivity index (χ2n) is 4.32. The van der Waals surface area contributed by atoms with E-state index in [2.05, 4.69) is 25.9 Å². The maximum atomic E-state index is 11.1. The summed E-state index contributed by atoms with van der Waals surface area (Å²) in [5.41, 5.74) is 2.30. The number of carboxylic acid groups (broad SMARTS) is 1. The Morgan fingerprint density at radius 2 is 2.05 bits per heavy atom. The number of benzene rings is 1. The molecule has 1 N–H and O–H groups in total. The smallest absolute Gasteiger partial charge is 0.356 e. The molecule has 0 unspecified atom stereocenters. The number of carboxylic acids is 1. The monoisotopic (exact) mass is 331 g/mol. The van der Waals surface area contributed by atoms with Crippen LogP contribution in [-0.4, -0.2) is 25.4 Å². The first kappa shape index (κ1) is 12.8. The van der Waals surface area contributed by atoms with Crippen molar-refractivity contribution in [3.8, 4) is 11.1 Å². The highest BCUT2D eigenvalue weighted by atomic mass is 79.9. The molecule has 0 bridgehead atoms. The van der Waals surface area contributed by atoms with E-state index in [1.54, 1.807) is 10.6 Å². The van der Waals surface area contributed by atoms with Crippen LogP contribution in [0.2, 0.25) is 0 Å². The molecule has 0 saturated heterocycles. The van der Waals surface area contributed by atoms with Gasteiger partial charge in [0.05, 0.1) is 0 Å². The summed E-state index contributed by atoms with van der Waals surface area (Å²) in [6, 6.07) is 7.69. The third kappa shape index (κ3) is 1.98. The van der Waals surface area contributed by atoms with Crippen molar-refractivity contribution in [1.82, 2.24) is 14.4 Å². The van der Waals surface area contributed by atoms with E-state index in [0.29, 0.717) is 11.5 Å². The summed E-state index contributed by atoms with van der Waals surface area (Å²) in [5.74, 6) is -0.359. The van der Waals surface area contributed by atoms with Crippen LogP contribution in [0.15, 0.2) is 41.1 Å². The Bertz CT molecular complexity index is 826. The number of nitrogens with zero attached hydrogens (tertiary/aromatic N) is 3. The molecule has 0 saturated carbocycles. The summed E-state index contributed by atoms with van der Waals surface area (Å²) in [6.07, 6.45) is 3.20. The molecule has 0 aliphatic rings. The minimum Gasteiger partial charge on any atom is -0.476 e. The SMILES string of the molecule is Cc1ncc(-c2ccccc2Br)c2nc(C(=O)O)cn12. The molecule has 0 fully saturated rings. The first-order valence-electron chi connectivity index (χ1n) is 5.91. The van der Waals surface area contributed by atoms with Gasteiger partial charge in [0.2, 0.25) is 0 Å². The first-order chi connectivity index (χ1) is 9.58. The van der Waals surface area contributed by atoms with Gasteiger partial charge in [0.25, 0.3) is 0 Å². The number of halogens is 1. The summed E-state index contributed by atoms with van der Waals surface area (Å²) in [6.45, 7) is 1.81. The lowest BCUT2D eigenvalue weighted by atomic mass is 10.1. The lowest BCUT2D eigenvalue weighted by Gasteiger charge is -2.07. The molecule has 0 spiro atoms. The highest BCUT2D eigenvalue weighted by Gasteiger charge is 2.15. The number of imidazole rings is 1. The molecule has 3 rings (SSSR count). The van der Waals surface area contributed by atoms with E-state index >= 15 is 0 Å². The molecule has 6 heteroatoms. The van der Waals surface area contributed by atoms with Gasteiger partial charge in [-0.15, -0.1) is 0 Å². The summed E-state index contributed by atoms with van der Waals surface area (Å²) in [5, 5.41) is 9.09. The van der Waals surface area contributed by atoms with Crippen molar-refractivity contribution < 1.29 is 9.90 Å². The second kappa shape index (κ2) is 4.72. The van der Waals surface area contributed by atoms with E-state index in [0.717, 1.165) is 15.6 Å². The number of fused-ring (bicyclic) bond motifs is 1. The predicted octanol–water partition coefficient (Wildman–Crippen LogP) is 3.17. The Labute approximate surface area is 123 Å². The molecule has 0 radical (unpaired) electrons. The topological polar surface area (TPSA) is 67.5 Å². The van der Waals surface area contributed by atoms with Gasteiger partial charge in [0.1, 0.15) is 11.5 Å². The van der Waals surface area contributed by atoms with Gasteiger partial charge in [-0.3, -0.25) is 4.40 Å². The van der Waals surface area contributed by atoms with Gasteiger partial charge in [-0.05, 0) is 13.0 Å². The molecule has 0 aliphatic heterocycles. The molecule has 0 aliphatic carbocycles. The molecule has 20 heavy (non-hydrogen) atoms. The third-order valence-electron chi connectivity index (χ3n) is 3.06.